The van der Waals surface area contributed by atoms with Crippen LogP contribution in [0.2, 0.25) is 0 Å². The number of imidazole rings is 1. The lowest BCUT2D eigenvalue weighted by molar-refractivity contribution is -0.115. The van der Waals surface area contributed by atoms with Gasteiger partial charge in [0.2, 0.25) is 5.91 Å². The van der Waals surface area contributed by atoms with Crippen LogP contribution < -0.4 is 5.32 Å². The van der Waals surface area contributed by atoms with Gasteiger partial charge in [0, 0.05) is 18.5 Å². The van der Waals surface area contributed by atoms with Gasteiger partial charge < -0.3 is 9.84 Å². The number of thioether (sulfide) groups is 1. The van der Waals surface area contributed by atoms with E-state index < -0.39 is 0 Å². The van der Waals surface area contributed by atoms with Gasteiger partial charge in [-0.25, -0.2) is 4.98 Å². The van der Waals surface area contributed by atoms with Crippen LogP contribution in [0.3, 0.4) is 0 Å². The van der Waals surface area contributed by atoms with Crippen molar-refractivity contribution in [3.63, 3.8) is 0 Å². The van der Waals surface area contributed by atoms with Gasteiger partial charge in [0.25, 0.3) is 0 Å². The highest BCUT2D eigenvalue weighted by atomic mass is 32.2. The molecule has 6 nitrogen and oxygen atoms in total. The number of anilines is 1. The Morgan fingerprint density at radius 2 is 2.08 bits per heavy atom. The minimum atomic E-state index is -0.330. The first kappa shape index (κ1) is 17.3. The lowest BCUT2D eigenvalue weighted by atomic mass is 10.1. The second-order valence-electron chi connectivity index (χ2n) is 5.94. The number of benzene rings is 1. The number of nitrogens with zero attached hydrogens (tertiary/aromatic N) is 3. The Hall–Kier alpha value is -2.54. The van der Waals surface area contributed by atoms with Crippen LogP contribution in [-0.4, -0.2) is 25.9 Å². The Balaban J connectivity index is 1.76. The molecule has 1 atom stereocenters. The first-order chi connectivity index (χ1) is 11.9. The molecule has 0 aliphatic carbocycles. The van der Waals surface area contributed by atoms with Gasteiger partial charge in [0.05, 0.1) is 10.9 Å². The minimum absolute atomic E-state index is 0.145. The number of aromatic nitrogens is 3. The summed E-state index contributed by atoms with van der Waals surface area (Å²) in [7, 11) is 0. The molecule has 0 spiro atoms. The Morgan fingerprint density at radius 1 is 1.28 bits per heavy atom. The Kier molecular flexibility index (Phi) is 4.94. The number of hydrogen-bond acceptors (Lipinski definition) is 5. The summed E-state index contributed by atoms with van der Waals surface area (Å²) >= 11 is 1.40. The smallest absolute Gasteiger partial charge is 0.238 e. The molecule has 2 heterocycles. The Labute approximate surface area is 150 Å². The molecule has 0 saturated heterocycles. The summed E-state index contributed by atoms with van der Waals surface area (Å²) in [5, 5.41) is 6.98. The van der Waals surface area contributed by atoms with E-state index in [1.54, 1.807) is 19.2 Å². The second-order valence-corrected chi connectivity index (χ2v) is 7.25. The van der Waals surface area contributed by atoms with Crippen molar-refractivity contribution in [3.05, 3.63) is 53.5 Å². The molecule has 0 saturated carbocycles. The highest BCUT2D eigenvalue weighted by Gasteiger charge is 2.19. The summed E-state index contributed by atoms with van der Waals surface area (Å²) in [6.45, 7) is 7.74. The zero-order chi connectivity index (χ0) is 18.0. The van der Waals surface area contributed by atoms with Gasteiger partial charge in [0.15, 0.2) is 11.0 Å². The number of rotatable bonds is 5. The summed E-state index contributed by atoms with van der Waals surface area (Å²) in [6.07, 6.45) is 3.66. The summed E-state index contributed by atoms with van der Waals surface area (Å²) in [6, 6.07) is 7.97. The SMILES string of the molecule is Cc1ccc(C)c(-n2ccnc2SC(C)C(=O)Nc2cc(C)on2)c1. The van der Waals surface area contributed by atoms with E-state index in [0.29, 0.717) is 11.6 Å². The van der Waals surface area contributed by atoms with Crippen LogP contribution in [0.15, 0.2) is 46.3 Å². The molecule has 130 valence electrons. The van der Waals surface area contributed by atoms with Gasteiger partial charge in [-0.05, 0) is 44.9 Å². The topological polar surface area (TPSA) is 73.0 Å². The van der Waals surface area contributed by atoms with Crippen LogP contribution in [0.1, 0.15) is 23.8 Å². The number of carbonyl (C=O) groups excluding carboxylic acids is 1. The number of amides is 1. The molecule has 1 aromatic carbocycles. The molecular formula is C18H20N4O2S. The molecule has 0 fully saturated rings. The van der Waals surface area contributed by atoms with E-state index in [1.165, 1.54) is 17.3 Å². The van der Waals surface area contributed by atoms with Gasteiger partial charge in [-0.1, -0.05) is 29.1 Å². The maximum atomic E-state index is 12.4. The minimum Gasteiger partial charge on any atom is -0.360 e. The molecule has 0 aliphatic rings. The standard InChI is InChI=1S/C18H20N4O2S/c1-11-5-6-12(2)15(9-11)22-8-7-19-18(22)25-14(4)17(23)20-16-10-13(3)24-21-16/h5-10,14H,1-4H3,(H,20,21,23). The van der Waals surface area contributed by atoms with E-state index in [2.05, 4.69) is 47.5 Å². The zero-order valence-corrected chi connectivity index (χ0v) is 15.4. The van der Waals surface area contributed by atoms with Crippen LogP contribution in [0, 0.1) is 20.8 Å². The third-order valence-corrected chi connectivity index (χ3v) is 4.84. The van der Waals surface area contributed by atoms with Crippen molar-refractivity contribution in [2.24, 2.45) is 0 Å². The Bertz CT molecular complexity index is 900. The molecule has 1 amide bonds. The van der Waals surface area contributed by atoms with Gasteiger partial charge in [-0.2, -0.15) is 0 Å². The van der Waals surface area contributed by atoms with Crippen molar-refractivity contribution in [3.8, 4) is 5.69 Å². The fraction of sp³-hybridized carbons (Fsp3) is 0.278. The third-order valence-electron chi connectivity index (χ3n) is 3.76. The van der Waals surface area contributed by atoms with E-state index in [9.17, 15) is 4.79 Å². The third kappa shape index (κ3) is 3.93. The highest BCUT2D eigenvalue weighted by molar-refractivity contribution is 8.00. The van der Waals surface area contributed by atoms with Crippen molar-refractivity contribution in [1.82, 2.24) is 14.7 Å². The normalized spacial score (nSPS) is 12.2. The van der Waals surface area contributed by atoms with Crippen molar-refractivity contribution in [1.29, 1.82) is 0 Å². The van der Waals surface area contributed by atoms with Crippen molar-refractivity contribution < 1.29 is 9.32 Å². The van der Waals surface area contributed by atoms with Gasteiger partial charge in [-0.3, -0.25) is 9.36 Å². The predicted octanol–water partition coefficient (Wildman–Crippen LogP) is 3.90. The van der Waals surface area contributed by atoms with Crippen LogP contribution in [-0.2, 0) is 4.79 Å². The largest absolute Gasteiger partial charge is 0.360 e. The summed E-state index contributed by atoms with van der Waals surface area (Å²) < 4.78 is 6.98. The molecule has 3 rings (SSSR count). The van der Waals surface area contributed by atoms with E-state index >= 15 is 0 Å². The molecule has 7 heteroatoms. The van der Waals surface area contributed by atoms with Crippen LogP contribution in [0.5, 0.6) is 0 Å². The van der Waals surface area contributed by atoms with Gasteiger partial charge in [-0.15, -0.1) is 0 Å². The molecule has 2 aromatic heterocycles. The van der Waals surface area contributed by atoms with E-state index in [-0.39, 0.29) is 11.2 Å². The lowest BCUT2D eigenvalue weighted by Crippen LogP contribution is -2.23. The average Bonchev–Trinajstić information content (AvgIpc) is 3.18. The van der Waals surface area contributed by atoms with Gasteiger partial charge >= 0.3 is 0 Å². The van der Waals surface area contributed by atoms with E-state index in [0.717, 1.165) is 16.4 Å². The summed E-state index contributed by atoms with van der Waals surface area (Å²) in [5.74, 6) is 0.933. The van der Waals surface area contributed by atoms with Crippen molar-refractivity contribution >= 4 is 23.5 Å². The molecular weight excluding hydrogens is 336 g/mol. The van der Waals surface area contributed by atoms with Crippen molar-refractivity contribution in [2.45, 2.75) is 38.1 Å². The zero-order valence-electron chi connectivity index (χ0n) is 14.6. The number of nitrogens with one attached hydrogen (secondary N) is 1. The molecule has 0 radical (unpaired) electrons. The molecule has 3 aromatic rings. The Morgan fingerprint density at radius 3 is 2.80 bits per heavy atom. The van der Waals surface area contributed by atoms with E-state index in [4.69, 9.17) is 4.52 Å². The first-order valence-corrected chi connectivity index (χ1v) is 8.84. The number of carbonyl (C=O) groups is 1. The van der Waals surface area contributed by atoms with Crippen LogP contribution >= 0.6 is 11.8 Å². The maximum Gasteiger partial charge on any atom is 0.238 e. The number of hydrogen-bond donors (Lipinski definition) is 1. The fourth-order valence-electron chi connectivity index (χ4n) is 2.40. The molecule has 0 aliphatic heterocycles. The number of aryl methyl sites for hydroxylation is 3. The molecule has 0 bridgehead atoms. The average molecular weight is 356 g/mol. The van der Waals surface area contributed by atoms with Crippen molar-refractivity contribution in [2.75, 3.05) is 5.32 Å². The quantitative estimate of drug-likeness (QED) is 0.702. The first-order valence-electron chi connectivity index (χ1n) is 7.96. The van der Waals surface area contributed by atoms with E-state index in [1.807, 2.05) is 17.7 Å². The predicted molar refractivity (Wildman–Crippen MR) is 98.2 cm³/mol. The fourth-order valence-corrected chi connectivity index (χ4v) is 3.28. The van der Waals surface area contributed by atoms with Crippen LogP contribution in [0.25, 0.3) is 5.69 Å². The van der Waals surface area contributed by atoms with Crippen LogP contribution in [0.4, 0.5) is 5.82 Å². The van der Waals surface area contributed by atoms with Gasteiger partial charge in [0.1, 0.15) is 5.76 Å². The summed E-state index contributed by atoms with van der Waals surface area (Å²) in [5.41, 5.74) is 3.40. The monoisotopic (exact) mass is 356 g/mol. The molecule has 25 heavy (non-hydrogen) atoms. The highest BCUT2D eigenvalue weighted by Crippen LogP contribution is 2.27. The molecule has 1 unspecified atom stereocenters. The maximum absolute atomic E-state index is 12.4. The lowest BCUT2D eigenvalue weighted by Gasteiger charge is -2.14. The summed E-state index contributed by atoms with van der Waals surface area (Å²) in [4.78, 5) is 16.8. The molecule has 1 N–H and O–H groups in total. The second kappa shape index (κ2) is 7.14.